The van der Waals surface area contributed by atoms with Gasteiger partial charge in [0, 0.05) is 19.5 Å². The Morgan fingerprint density at radius 3 is 2.92 bits per heavy atom. The van der Waals surface area contributed by atoms with Crippen molar-refractivity contribution in [2.24, 2.45) is 5.92 Å². The molecule has 0 unspecified atom stereocenters. The number of likely N-dealkylation sites (tertiary alicyclic amines) is 1. The van der Waals surface area contributed by atoms with Crippen LogP contribution in [0.5, 0.6) is 0 Å². The molecule has 2 amide bonds. The van der Waals surface area contributed by atoms with Gasteiger partial charge in [-0.15, -0.1) is 0 Å². The second kappa shape index (κ2) is 6.09. The fourth-order valence-corrected chi connectivity index (χ4v) is 4.10. The Hall–Kier alpha value is -2.51. The van der Waals surface area contributed by atoms with Gasteiger partial charge in [0.1, 0.15) is 5.82 Å². The van der Waals surface area contributed by atoms with Gasteiger partial charge in [0.2, 0.25) is 5.89 Å². The van der Waals surface area contributed by atoms with Gasteiger partial charge in [-0.3, -0.25) is 0 Å². The van der Waals surface area contributed by atoms with E-state index in [1.165, 1.54) is 0 Å². The molecule has 25 heavy (non-hydrogen) atoms. The number of carbonyl (C=O) groups excluding carboxylic acids is 1. The predicted octanol–water partition coefficient (Wildman–Crippen LogP) is 2.32. The van der Waals surface area contributed by atoms with E-state index >= 15 is 0 Å². The molecule has 3 heterocycles. The van der Waals surface area contributed by atoms with E-state index in [0.717, 1.165) is 31.5 Å². The fraction of sp³-hybridized carbons (Fsp3) is 0.588. The quantitative estimate of drug-likeness (QED) is 0.919. The molecule has 0 spiro atoms. The summed E-state index contributed by atoms with van der Waals surface area (Å²) in [6, 6.07) is -0.127. The Bertz CT molecular complexity index is 774. The normalized spacial score (nSPS) is 25.2. The van der Waals surface area contributed by atoms with E-state index in [1.54, 1.807) is 12.4 Å². The summed E-state index contributed by atoms with van der Waals surface area (Å²) in [5.41, 5.74) is 0.420. The van der Waals surface area contributed by atoms with E-state index < -0.39 is 0 Å². The maximum Gasteiger partial charge on any atom is 0.321 e. The van der Waals surface area contributed by atoms with E-state index in [9.17, 15) is 4.79 Å². The lowest BCUT2D eigenvalue weighted by Gasteiger charge is -2.24. The molecule has 0 aromatic carbocycles. The second-order valence-corrected chi connectivity index (χ2v) is 6.94. The molecule has 1 N–H and O–H groups in total. The van der Waals surface area contributed by atoms with Gasteiger partial charge in [0.15, 0.2) is 5.82 Å². The molecule has 132 valence electrons. The second-order valence-electron chi connectivity index (χ2n) is 6.94. The number of anilines is 1. The monoisotopic (exact) mass is 342 g/mol. The number of aryl methyl sites for hydroxylation is 2. The van der Waals surface area contributed by atoms with Crippen LogP contribution >= 0.6 is 0 Å². The van der Waals surface area contributed by atoms with Gasteiger partial charge in [-0.1, -0.05) is 18.5 Å². The van der Waals surface area contributed by atoms with Gasteiger partial charge in [-0.25, -0.2) is 14.8 Å². The predicted molar refractivity (Wildman–Crippen MR) is 90.1 cm³/mol. The highest BCUT2D eigenvalue weighted by molar-refractivity contribution is 5.89. The highest BCUT2D eigenvalue weighted by Gasteiger charge is 2.55. The van der Waals surface area contributed by atoms with Crippen molar-refractivity contribution in [3.8, 4) is 0 Å². The largest absolute Gasteiger partial charge is 0.339 e. The van der Waals surface area contributed by atoms with E-state index in [0.29, 0.717) is 36.4 Å². The number of fused-ring (bicyclic) bond motifs is 1. The average Bonchev–Trinajstić information content (AvgIpc) is 3.29. The Morgan fingerprint density at radius 2 is 2.24 bits per heavy atom. The first kappa shape index (κ1) is 16.0. The van der Waals surface area contributed by atoms with Crippen LogP contribution in [0.2, 0.25) is 0 Å². The lowest BCUT2D eigenvalue weighted by atomic mass is 9.80. The molecule has 8 nitrogen and oxygen atoms in total. The fourth-order valence-electron chi connectivity index (χ4n) is 4.10. The molecule has 0 bridgehead atoms. The molecule has 1 saturated heterocycles. The number of nitrogens with one attached hydrogen (secondary N) is 1. The van der Waals surface area contributed by atoms with Crippen LogP contribution in [-0.4, -0.2) is 44.1 Å². The Balaban J connectivity index is 1.49. The zero-order valence-electron chi connectivity index (χ0n) is 14.5. The van der Waals surface area contributed by atoms with Crippen LogP contribution in [0.15, 0.2) is 16.9 Å². The minimum atomic E-state index is -0.193. The van der Waals surface area contributed by atoms with Crippen LogP contribution in [0.4, 0.5) is 10.5 Å². The SMILES string of the molecule is CCc1ncc(NC(=O)N2C[C@@H]3CCC[C@]3(c3nc(C)no3)C2)cn1. The van der Waals surface area contributed by atoms with Crippen LogP contribution < -0.4 is 5.32 Å². The molecule has 1 saturated carbocycles. The van der Waals surface area contributed by atoms with E-state index in [4.69, 9.17) is 4.52 Å². The van der Waals surface area contributed by atoms with Crippen molar-refractivity contribution in [3.63, 3.8) is 0 Å². The van der Waals surface area contributed by atoms with Gasteiger partial charge in [-0.05, 0) is 25.7 Å². The van der Waals surface area contributed by atoms with Crippen molar-refractivity contribution < 1.29 is 9.32 Å². The van der Waals surface area contributed by atoms with Crippen molar-refractivity contribution in [3.05, 3.63) is 29.9 Å². The standard InChI is InChI=1S/C17H22N6O2/c1-3-14-18-7-13(8-19-14)21-16(24)23-9-12-5-4-6-17(12,10-23)15-20-11(2)22-25-15/h7-8,12H,3-6,9-10H2,1-2H3,(H,21,24)/t12-,17-/m0/s1. The van der Waals surface area contributed by atoms with E-state index in [-0.39, 0.29) is 11.4 Å². The Kier molecular flexibility index (Phi) is 3.89. The zero-order chi connectivity index (χ0) is 17.4. The lowest BCUT2D eigenvalue weighted by molar-refractivity contribution is 0.214. The highest BCUT2D eigenvalue weighted by atomic mass is 16.5. The lowest BCUT2D eigenvalue weighted by Crippen LogP contribution is -2.37. The molecule has 2 aliphatic rings. The number of carbonyl (C=O) groups is 1. The first-order chi connectivity index (χ1) is 12.1. The van der Waals surface area contributed by atoms with Crippen LogP contribution in [0.1, 0.15) is 43.7 Å². The van der Waals surface area contributed by atoms with E-state index in [2.05, 4.69) is 25.4 Å². The number of rotatable bonds is 3. The van der Waals surface area contributed by atoms with Crippen LogP contribution in [0.3, 0.4) is 0 Å². The molecule has 2 fully saturated rings. The summed E-state index contributed by atoms with van der Waals surface area (Å²) in [4.78, 5) is 27.4. The Labute approximate surface area is 146 Å². The summed E-state index contributed by atoms with van der Waals surface area (Å²) in [6.07, 6.45) is 7.27. The van der Waals surface area contributed by atoms with Gasteiger partial charge in [0.05, 0.1) is 23.5 Å². The van der Waals surface area contributed by atoms with E-state index in [1.807, 2.05) is 18.7 Å². The molecule has 2 atom stereocenters. The molecule has 2 aromatic rings. The first-order valence-electron chi connectivity index (χ1n) is 8.78. The number of hydrogen-bond donors (Lipinski definition) is 1. The number of amides is 2. The molecule has 8 heteroatoms. The molecule has 4 rings (SSSR count). The Morgan fingerprint density at radius 1 is 1.44 bits per heavy atom. The molecular weight excluding hydrogens is 320 g/mol. The van der Waals surface area contributed by atoms with Crippen molar-refractivity contribution in [2.45, 2.75) is 44.9 Å². The molecule has 2 aromatic heterocycles. The average molecular weight is 342 g/mol. The van der Waals surface area contributed by atoms with Crippen LogP contribution in [-0.2, 0) is 11.8 Å². The van der Waals surface area contributed by atoms with Crippen molar-refractivity contribution >= 4 is 11.7 Å². The van der Waals surface area contributed by atoms with Crippen molar-refractivity contribution in [1.82, 2.24) is 25.0 Å². The topological polar surface area (TPSA) is 97.0 Å². The number of aromatic nitrogens is 4. The van der Waals surface area contributed by atoms with Crippen molar-refractivity contribution in [1.29, 1.82) is 0 Å². The summed E-state index contributed by atoms with van der Waals surface area (Å²) >= 11 is 0. The maximum atomic E-state index is 12.7. The summed E-state index contributed by atoms with van der Waals surface area (Å²) < 4.78 is 5.49. The summed E-state index contributed by atoms with van der Waals surface area (Å²) in [5, 5.41) is 6.84. The van der Waals surface area contributed by atoms with Crippen LogP contribution in [0, 0.1) is 12.8 Å². The summed E-state index contributed by atoms with van der Waals surface area (Å²) in [5.74, 6) is 2.46. The van der Waals surface area contributed by atoms with Gasteiger partial charge >= 0.3 is 6.03 Å². The third kappa shape index (κ3) is 2.75. The molecule has 0 radical (unpaired) electrons. The third-order valence-electron chi connectivity index (χ3n) is 5.38. The minimum Gasteiger partial charge on any atom is -0.339 e. The number of urea groups is 1. The minimum absolute atomic E-state index is 0.127. The molecule has 1 aliphatic heterocycles. The first-order valence-corrected chi connectivity index (χ1v) is 8.78. The van der Waals surface area contributed by atoms with Crippen LogP contribution in [0.25, 0.3) is 0 Å². The van der Waals surface area contributed by atoms with Gasteiger partial charge < -0.3 is 14.7 Å². The summed E-state index contributed by atoms with van der Waals surface area (Å²) in [7, 11) is 0. The third-order valence-corrected chi connectivity index (χ3v) is 5.38. The van der Waals surface area contributed by atoms with Crippen molar-refractivity contribution in [2.75, 3.05) is 18.4 Å². The highest BCUT2D eigenvalue weighted by Crippen LogP contribution is 2.49. The molecular formula is C17H22N6O2. The summed E-state index contributed by atoms with van der Waals surface area (Å²) in [6.45, 7) is 5.14. The molecule has 1 aliphatic carbocycles. The zero-order valence-corrected chi connectivity index (χ0v) is 14.5. The number of nitrogens with zero attached hydrogens (tertiary/aromatic N) is 5. The van der Waals surface area contributed by atoms with Gasteiger partial charge in [0.25, 0.3) is 0 Å². The number of hydrogen-bond acceptors (Lipinski definition) is 6. The smallest absolute Gasteiger partial charge is 0.321 e. The van der Waals surface area contributed by atoms with Gasteiger partial charge in [-0.2, -0.15) is 4.98 Å². The maximum absolute atomic E-state index is 12.7.